The van der Waals surface area contributed by atoms with Crippen molar-refractivity contribution in [3.8, 4) is 11.5 Å². The fourth-order valence-electron chi connectivity index (χ4n) is 2.23. The Morgan fingerprint density at radius 1 is 0.923 bits per heavy atom. The molecular formula is C17H10F4O5. The third-order valence-electron chi connectivity index (χ3n) is 3.52. The van der Waals surface area contributed by atoms with E-state index in [-0.39, 0.29) is 11.6 Å². The van der Waals surface area contributed by atoms with Crippen LogP contribution in [0.2, 0.25) is 0 Å². The van der Waals surface area contributed by atoms with Crippen LogP contribution in [0.1, 0.15) is 20.7 Å². The van der Waals surface area contributed by atoms with Gasteiger partial charge in [-0.25, -0.2) is 22.4 Å². The zero-order chi connectivity index (χ0) is 18.8. The van der Waals surface area contributed by atoms with E-state index in [4.69, 9.17) is 9.47 Å². The average Bonchev–Trinajstić information content (AvgIpc) is 2.66. The lowest BCUT2D eigenvalue weighted by Crippen LogP contribution is -2.18. The predicted molar refractivity (Wildman–Crippen MR) is 78.3 cm³/mol. The van der Waals surface area contributed by atoms with E-state index in [9.17, 15) is 27.2 Å². The van der Waals surface area contributed by atoms with Crippen LogP contribution in [0.15, 0.2) is 24.3 Å². The molecular weight excluding hydrogens is 360 g/mol. The second-order valence-electron chi connectivity index (χ2n) is 5.21. The first kappa shape index (κ1) is 17.7. The molecule has 1 heterocycles. The van der Waals surface area contributed by atoms with Gasteiger partial charge in [0.2, 0.25) is 0 Å². The van der Waals surface area contributed by atoms with Crippen LogP contribution in [-0.4, -0.2) is 31.6 Å². The number of halogens is 4. The minimum absolute atomic E-state index is 0.124. The van der Waals surface area contributed by atoms with E-state index in [1.54, 1.807) is 0 Å². The molecule has 0 saturated heterocycles. The van der Waals surface area contributed by atoms with Crippen molar-refractivity contribution >= 4 is 11.8 Å². The van der Waals surface area contributed by atoms with Gasteiger partial charge >= 0.3 is 5.97 Å². The average molecular weight is 370 g/mol. The standard InChI is InChI=1S/C17H10F4O5/c18-10-6-9(14(19)16(21)15(10)20)17(23)26-7-11(22)8-1-2-12-13(5-8)25-4-3-24-12/h1-2,5-6H,3-4,7H2. The summed E-state index contributed by atoms with van der Waals surface area (Å²) in [7, 11) is 0. The molecule has 0 atom stereocenters. The van der Waals surface area contributed by atoms with E-state index >= 15 is 0 Å². The molecule has 2 aromatic rings. The monoisotopic (exact) mass is 370 g/mol. The summed E-state index contributed by atoms with van der Waals surface area (Å²) < 4.78 is 67.9. The summed E-state index contributed by atoms with van der Waals surface area (Å²) in [5.74, 6) is -9.24. The van der Waals surface area contributed by atoms with Crippen molar-refractivity contribution in [1.29, 1.82) is 0 Å². The molecule has 0 aliphatic carbocycles. The van der Waals surface area contributed by atoms with Crippen LogP contribution in [0.3, 0.4) is 0 Å². The molecule has 5 nitrogen and oxygen atoms in total. The van der Waals surface area contributed by atoms with Crippen LogP contribution < -0.4 is 9.47 Å². The number of ketones is 1. The number of benzene rings is 2. The largest absolute Gasteiger partial charge is 0.486 e. The number of fused-ring (bicyclic) bond motifs is 1. The summed E-state index contributed by atoms with van der Waals surface area (Å²) in [6.45, 7) is -0.145. The number of hydrogen-bond acceptors (Lipinski definition) is 5. The summed E-state index contributed by atoms with van der Waals surface area (Å²) in [6, 6.07) is 4.43. The number of Topliss-reactive ketones (excluding diaryl/α,β-unsaturated/α-hetero) is 1. The molecule has 1 aliphatic heterocycles. The zero-order valence-corrected chi connectivity index (χ0v) is 13.0. The zero-order valence-electron chi connectivity index (χ0n) is 13.0. The third kappa shape index (κ3) is 3.32. The molecule has 1 aliphatic rings. The summed E-state index contributed by atoms with van der Waals surface area (Å²) in [6.07, 6.45) is 0. The number of rotatable bonds is 4. The van der Waals surface area contributed by atoms with Crippen LogP contribution in [0, 0.1) is 23.3 Å². The van der Waals surface area contributed by atoms with Gasteiger partial charge in [0, 0.05) is 5.56 Å². The highest BCUT2D eigenvalue weighted by Crippen LogP contribution is 2.30. The molecule has 0 aromatic heterocycles. The lowest BCUT2D eigenvalue weighted by molar-refractivity contribution is 0.0468. The quantitative estimate of drug-likeness (QED) is 0.272. The van der Waals surface area contributed by atoms with Crippen LogP contribution in [0.25, 0.3) is 0 Å². The topological polar surface area (TPSA) is 61.8 Å². The van der Waals surface area contributed by atoms with Crippen molar-refractivity contribution in [1.82, 2.24) is 0 Å². The van der Waals surface area contributed by atoms with E-state index in [0.29, 0.717) is 24.7 Å². The van der Waals surface area contributed by atoms with Crippen molar-refractivity contribution in [2.45, 2.75) is 0 Å². The summed E-state index contributed by atoms with van der Waals surface area (Å²) in [4.78, 5) is 23.8. The van der Waals surface area contributed by atoms with Gasteiger partial charge in [0.05, 0.1) is 0 Å². The van der Waals surface area contributed by atoms with E-state index in [0.717, 1.165) is 0 Å². The Kier molecular flexibility index (Phi) is 4.79. The minimum Gasteiger partial charge on any atom is -0.486 e. The first-order chi connectivity index (χ1) is 12.4. The molecule has 0 N–H and O–H groups in total. The van der Waals surface area contributed by atoms with Crippen molar-refractivity contribution in [2.75, 3.05) is 19.8 Å². The lowest BCUT2D eigenvalue weighted by atomic mass is 10.1. The highest BCUT2D eigenvalue weighted by Gasteiger charge is 2.25. The maximum absolute atomic E-state index is 13.5. The van der Waals surface area contributed by atoms with Gasteiger partial charge in [0.1, 0.15) is 18.8 Å². The van der Waals surface area contributed by atoms with Crippen LogP contribution in [-0.2, 0) is 4.74 Å². The molecule has 0 saturated carbocycles. The van der Waals surface area contributed by atoms with Crippen molar-refractivity contribution in [2.24, 2.45) is 0 Å². The Bertz CT molecular complexity index is 897. The first-order valence-corrected chi connectivity index (χ1v) is 7.31. The highest BCUT2D eigenvalue weighted by atomic mass is 19.2. The number of carbonyl (C=O) groups excluding carboxylic acids is 2. The molecule has 0 amide bonds. The van der Waals surface area contributed by atoms with Gasteiger partial charge in [-0.2, -0.15) is 0 Å². The molecule has 2 aromatic carbocycles. The van der Waals surface area contributed by atoms with Gasteiger partial charge in [-0.15, -0.1) is 0 Å². The number of carbonyl (C=O) groups is 2. The fraction of sp³-hybridized carbons (Fsp3) is 0.176. The second kappa shape index (κ2) is 7.03. The Labute approximate surface area is 144 Å². The van der Waals surface area contributed by atoms with E-state index in [2.05, 4.69) is 4.74 Å². The highest BCUT2D eigenvalue weighted by molar-refractivity contribution is 5.99. The van der Waals surface area contributed by atoms with Gasteiger partial charge in [-0.3, -0.25) is 4.79 Å². The third-order valence-corrected chi connectivity index (χ3v) is 3.52. The molecule has 0 bridgehead atoms. The Hall–Kier alpha value is -3.10. The molecule has 26 heavy (non-hydrogen) atoms. The van der Waals surface area contributed by atoms with E-state index in [1.165, 1.54) is 18.2 Å². The van der Waals surface area contributed by atoms with Crippen molar-refractivity contribution in [3.63, 3.8) is 0 Å². The smallest absolute Gasteiger partial charge is 0.341 e. The van der Waals surface area contributed by atoms with Crippen molar-refractivity contribution < 1.29 is 41.4 Å². The second-order valence-corrected chi connectivity index (χ2v) is 5.21. The van der Waals surface area contributed by atoms with Crippen LogP contribution >= 0.6 is 0 Å². The summed E-state index contributed by atoms with van der Waals surface area (Å²) in [5.41, 5.74) is -1.03. The molecule has 0 spiro atoms. The lowest BCUT2D eigenvalue weighted by Gasteiger charge is -2.18. The maximum atomic E-state index is 13.5. The fourth-order valence-corrected chi connectivity index (χ4v) is 2.23. The van der Waals surface area contributed by atoms with Crippen LogP contribution in [0.4, 0.5) is 17.6 Å². The molecule has 3 rings (SSSR count). The number of hydrogen-bond donors (Lipinski definition) is 0. The Morgan fingerprint density at radius 3 is 2.35 bits per heavy atom. The van der Waals surface area contributed by atoms with Crippen LogP contribution in [0.5, 0.6) is 11.5 Å². The molecule has 0 unspecified atom stereocenters. The maximum Gasteiger partial charge on any atom is 0.341 e. The Balaban J connectivity index is 1.71. The summed E-state index contributed by atoms with van der Waals surface area (Å²) >= 11 is 0. The first-order valence-electron chi connectivity index (χ1n) is 7.31. The van der Waals surface area contributed by atoms with E-state index in [1.807, 2.05) is 0 Å². The molecule has 0 fully saturated rings. The SMILES string of the molecule is O=C(COC(=O)c1cc(F)c(F)c(F)c1F)c1ccc2c(c1)OCCO2. The number of ether oxygens (including phenoxy) is 3. The molecule has 9 heteroatoms. The normalized spacial score (nSPS) is 12.6. The van der Waals surface area contributed by atoms with Gasteiger partial charge in [0.25, 0.3) is 0 Å². The van der Waals surface area contributed by atoms with Gasteiger partial charge in [-0.1, -0.05) is 0 Å². The Morgan fingerprint density at radius 2 is 1.62 bits per heavy atom. The molecule has 136 valence electrons. The van der Waals surface area contributed by atoms with Crippen molar-refractivity contribution in [3.05, 3.63) is 58.7 Å². The summed E-state index contributed by atoms with van der Waals surface area (Å²) in [5, 5.41) is 0. The van der Waals surface area contributed by atoms with Gasteiger partial charge in [0.15, 0.2) is 47.2 Å². The molecule has 0 radical (unpaired) electrons. The number of esters is 1. The minimum atomic E-state index is -2.14. The van der Waals surface area contributed by atoms with E-state index < -0.39 is 47.2 Å². The van der Waals surface area contributed by atoms with Gasteiger partial charge in [-0.05, 0) is 24.3 Å². The van der Waals surface area contributed by atoms with Gasteiger partial charge < -0.3 is 14.2 Å². The predicted octanol–water partition coefficient (Wildman–Crippen LogP) is 3.05.